The van der Waals surface area contributed by atoms with Crippen molar-refractivity contribution in [2.45, 2.75) is 26.4 Å². The van der Waals surface area contributed by atoms with Gasteiger partial charge in [-0.05, 0) is 13.8 Å². The molecule has 6 heteroatoms. The highest BCUT2D eigenvalue weighted by atomic mass is 16.5. The number of nitrogens with zero attached hydrogens (tertiary/aromatic N) is 4. The average Bonchev–Trinajstić information content (AvgIpc) is 2.70. The first kappa shape index (κ1) is 11.8. The Morgan fingerprint density at radius 1 is 1.35 bits per heavy atom. The van der Waals surface area contributed by atoms with Gasteiger partial charge >= 0.3 is 0 Å². The molecular weight excluding hydrogens is 218 g/mol. The smallest absolute Gasteiger partial charge is 0.165 e. The van der Waals surface area contributed by atoms with Crippen molar-refractivity contribution in [3.05, 3.63) is 12.7 Å². The van der Waals surface area contributed by atoms with Gasteiger partial charge < -0.3 is 14.6 Å². The van der Waals surface area contributed by atoms with Crippen LogP contribution in [-0.4, -0.2) is 39.3 Å². The van der Waals surface area contributed by atoms with Crippen LogP contribution in [0.3, 0.4) is 0 Å². The van der Waals surface area contributed by atoms with Crippen molar-refractivity contribution in [2.75, 3.05) is 19.0 Å². The molecule has 0 bridgehead atoms. The molecule has 0 amide bonds. The van der Waals surface area contributed by atoms with Gasteiger partial charge in [-0.15, -0.1) is 0 Å². The van der Waals surface area contributed by atoms with E-state index in [1.807, 2.05) is 4.57 Å². The van der Waals surface area contributed by atoms with Gasteiger partial charge in [-0.2, -0.15) is 0 Å². The van der Waals surface area contributed by atoms with Crippen LogP contribution in [0.4, 0.5) is 5.82 Å². The summed E-state index contributed by atoms with van der Waals surface area (Å²) in [6, 6.07) is 0.317. The Hall–Kier alpha value is -1.69. The van der Waals surface area contributed by atoms with Crippen molar-refractivity contribution >= 4 is 17.0 Å². The van der Waals surface area contributed by atoms with Crippen LogP contribution >= 0.6 is 0 Å². The van der Waals surface area contributed by atoms with Crippen LogP contribution in [0, 0.1) is 0 Å². The molecule has 2 aromatic rings. The third-order valence-corrected chi connectivity index (χ3v) is 2.36. The fourth-order valence-electron chi connectivity index (χ4n) is 1.61. The maximum atomic E-state index is 5.05. The summed E-state index contributed by atoms with van der Waals surface area (Å²) in [5.74, 6) is 0.779. The lowest BCUT2D eigenvalue weighted by Crippen LogP contribution is -2.12. The molecule has 0 saturated heterocycles. The van der Waals surface area contributed by atoms with Crippen LogP contribution in [0.5, 0.6) is 0 Å². The van der Waals surface area contributed by atoms with Crippen LogP contribution in [-0.2, 0) is 11.3 Å². The molecule has 2 rings (SSSR count). The quantitative estimate of drug-likeness (QED) is 0.846. The summed E-state index contributed by atoms with van der Waals surface area (Å²) < 4.78 is 7.02. The lowest BCUT2D eigenvalue weighted by atomic mass is 10.4. The molecule has 0 aromatic carbocycles. The lowest BCUT2D eigenvalue weighted by molar-refractivity contribution is 0.188. The fraction of sp³-hybridized carbons (Fsp3) is 0.545. The Morgan fingerprint density at radius 3 is 2.88 bits per heavy atom. The highest BCUT2D eigenvalue weighted by molar-refractivity contribution is 5.82. The Balaban J connectivity index is 2.35. The van der Waals surface area contributed by atoms with Crippen molar-refractivity contribution in [1.82, 2.24) is 19.5 Å². The summed E-state index contributed by atoms with van der Waals surface area (Å²) >= 11 is 0. The standard InChI is InChI=1S/C11H17N5O/c1-8(2)15-10-9-11(13-6-12-10)16(7-14-9)4-5-17-3/h6-8H,4-5H2,1-3H3,(H,12,13,15). The molecule has 6 nitrogen and oxygen atoms in total. The van der Waals surface area contributed by atoms with Gasteiger partial charge in [0, 0.05) is 19.7 Å². The number of fused-ring (bicyclic) bond motifs is 1. The van der Waals surface area contributed by atoms with E-state index in [0.717, 1.165) is 23.5 Å². The van der Waals surface area contributed by atoms with Crippen molar-refractivity contribution in [3.8, 4) is 0 Å². The van der Waals surface area contributed by atoms with E-state index in [4.69, 9.17) is 4.74 Å². The Kier molecular flexibility index (Phi) is 3.53. The first-order chi connectivity index (χ1) is 8.22. The zero-order valence-electron chi connectivity index (χ0n) is 10.3. The van der Waals surface area contributed by atoms with Crippen molar-refractivity contribution in [2.24, 2.45) is 0 Å². The second-order valence-electron chi connectivity index (χ2n) is 4.12. The van der Waals surface area contributed by atoms with Crippen LogP contribution < -0.4 is 5.32 Å². The van der Waals surface area contributed by atoms with Crippen molar-refractivity contribution in [1.29, 1.82) is 0 Å². The molecular formula is C11H17N5O. The largest absolute Gasteiger partial charge is 0.383 e. The molecule has 92 valence electrons. The normalized spacial score (nSPS) is 11.3. The Labute approximate surface area is 100 Å². The lowest BCUT2D eigenvalue weighted by Gasteiger charge is -2.08. The van der Waals surface area contributed by atoms with Crippen LogP contribution in [0.2, 0.25) is 0 Å². The van der Waals surface area contributed by atoms with E-state index in [9.17, 15) is 0 Å². The zero-order chi connectivity index (χ0) is 12.3. The molecule has 0 spiro atoms. The highest BCUT2D eigenvalue weighted by Gasteiger charge is 2.10. The minimum Gasteiger partial charge on any atom is -0.383 e. The van der Waals surface area contributed by atoms with Gasteiger partial charge in [0.25, 0.3) is 0 Å². The van der Waals surface area contributed by atoms with Crippen LogP contribution in [0.1, 0.15) is 13.8 Å². The first-order valence-corrected chi connectivity index (χ1v) is 5.63. The number of hydrogen-bond donors (Lipinski definition) is 1. The maximum absolute atomic E-state index is 5.05. The second-order valence-corrected chi connectivity index (χ2v) is 4.12. The highest BCUT2D eigenvalue weighted by Crippen LogP contribution is 2.17. The molecule has 0 fully saturated rings. The van der Waals surface area contributed by atoms with Gasteiger partial charge in [-0.3, -0.25) is 0 Å². The van der Waals surface area contributed by atoms with Gasteiger partial charge in [-0.1, -0.05) is 0 Å². The van der Waals surface area contributed by atoms with Crippen LogP contribution in [0.15, 0.2) is 12.7 Å². The number of aromatic nitrogens is 4. The molecule has 0 atom stereocenters. The SMILES string of the molecule is COCCn1cnc2c(NC(C)C)ncnc21. The van der Waals surface area contributed by atoms with E-state index in [2.05, 4.69) is 34.1 Å². The summed E-state index contributed by atoms with van der Waals surface area (Å²) in [5, 5.41) is 3.26. The third kappa shape index (κ3) is 2.52. The second kappa shape index (κ2) is 5.09. The molecule has 2 heterocycles. The van der Waals surface area contributed by atoms with Gasteiger partial charge in [0.05, 0.1) is 12.9 Å². The predicted octanol–water partition coefficient (Wildman–Crippen LogP) is 1.29. The topological polar surface area (TPSA) is 64.9 Å². The summed E-state index contributed by atoms with van der Waals surface area (Å²) in [6.07, 6.45) is 3.32. The number of hydrogen-bond acceptors (Lipinski definition) is 5. The van der Waals surface area contributed by atoms with Gasteiger partial charge in [0.1, 0.15) is 11.8 Å². The third-order valence-electron chi connectivity index (χ3n) is 2.36. The Morgan fingerprint density at radius 2 is 2.18 bits per heavy atom. The number of imidazole rings is 1. The summed E-state index contributed by atoms with van der Waals surface area (Å²) in [5.41, 5.74) is 1.64. The number of ether oxygens (including phenoxy) is 1. The molecule has 0 unspecified atom stereocenters. The predicted molar refractivity (Wildman–Crippen MR) is 66.0 cm³/mol. The summed E-state index contributed by atoms with van der Waals surface area (Å²) in [6.45, 7) is 5.51. The maximum Gasteiger partial charge on any atom is 0.165 e. The molecule has 0 aliphatic heterocycles. The molecule has 1 N–H and O–H groups in total. The molecule has 2 aromatic heterocycles. The van der Waals surface area contributed by atoms with Crippen molar-refractivity contribution in [3.63, 3.8) is 0 Å². The van der Waals surface area contributed by atoms with Gasteiger partial charge in [0.15, 0.2) is 11.5 Å². The fourth-order valence-corrected chi connectivity index (χ4v) is 1.61. The monoisotopic (exact) mass is 235 g/mol. The molecule has 17 heavy (non-hydrogen) atoms. The van der Waals surface area contributed by atoms with E-state index in [1.165, 1.54) is 0 Å². The number of anilines is 1. The minimum atomic E-state index is 0.317. The number of rotatable bonds is 5. The van der Waals surface area contributed by atoms with E-state index in [-0.39, 0.29) is 0 Å². The van der Waals surface area contributed by atoms with E-state index >= 15 is 0 Å². The average molecular weight is 235 g/mol. The molecule has 0 radical (unpaired) electrons. The number of nitrogens with one attached hydrogen (secondary N) is 1. The van der Waals surface area contributed by atoms with Gasteiger partial charge in [0.2, 0.25) is 0 Å². The van der Waals surface area contributed by atoms with E-state index in [1.54, 1.807) is 19.8 Å². The molecule has 0 saturated carbocycles. The summed E-state index contributed by atoms with van der Waals surface area (Å²) in [4.78, 5) is 12.8. The first-order valence-electron chi connectivity index (χ1n) is 5.63. The molecule has 0 aliphatic rings. The molecule has 0 aliphatic carbocycles. The minimum absolute atomic E-state index is 0.317. The van der Waals surface area contributed by atoms with E-state index < -0.39 is 0 Å². The Bertz CT molecular complexity index is 494. The number of methoxy groups -OCH3 is 1. The van der Waals surface area contributed by atoms with E-state index in [0.29, 0.717) is 12.6 Å². The summed E-state index contributed by atoms with van der Waals surface area (Å²) in [7, 11) is 1.68. The van der Waals surface area contributed by atoms with Crippen LogP contribution in [0.25, 0.3) is 11.2 Å². The zero-order valence-corrected chi connectivity index (χ0v) is 10.3. The van der Waals surface area contributed by atoms with Crippen molar-refractivity contribution < 1.29 is 4.74 Å². The van der Waals surface area contributed by atoms with Gasteiger partial charge in [-0.25, -0.2) is 15.0 Å².